The molecule has 244 valence electrons. The fourth-order valence-corrected chi connectivity index (χ4v) is 10.5. The van der Waals surface area contributed by atoms with Gasteiger partial charge in [-0.3, -0.25) is 4.90 Å². The molecule has 0 bridgehead atoms. The van der Waals surface area contributed by atoms with Gasteiger partial charge in [0.15, 0.2) is 0 Å². The molecule has 4 atom stereocenters. The number of thiazole rings is 2. The summed E-state index contributed by atoms with van der Waals surface area (Å²) in [5.74, 6) is 1.63. The average molecular weight is 668 g/mol. The van der Waals surface area contributed by atoms with Crippen molar-refractivity contribution in [1.29, 1.82) is 0 Å². The maximum Gasteiger partial charge on any atom is 0.411 e. The van der Waals surface area contributed by atoms with Gasteiger partial charge in [-0.25, -0.2) is 24.7 Å². The molecular weight excluding hydrogens is 627 g/mol. The van der Waals surface area contributed by atoms with E-state index in [1.54, 1.807) is 22.7 Å². The predicted molar refractivity (Wildman–Crippen MR) is 188 cm³/mol. The second kappa shape index (κ2) is 11.3. The van der Waals surface area contributed by atoms with Crippen LogP contribution >= 0.6 is 22.7 Å². The van der Waals surface area contributed by atoms with Gasteiger partial charge in [-0.05, 0) is 70.2 Å². The van der Waals surface area contributed by atoms with E-state index >= 15 is 0 Å². The highest BCUT2D eigenvalue weighted by Crippen LogP contribution is 2.68. The molecular formula is C36H41N7O2S2. The second-order valence-electron chi connectivity index (χ2n) is 14.2. The Morgan fingerprint density at radius 2 is 1.77 bits per heavy atom. The topological polar surface area (TPSA) is 113 Å². The largest absolute Gasteiger partial charge is 0.444 e. The van der Waals surface area contributed by atoms with Crippen LogP contribution < -0.4 is 0 Å². The van der Waals surface area contributed by atoms with Gasteiger partial charge in [0.05, 0.1) is 26.7 Å². The van der Waals surface area contributed by atoms with Gasteiger partial charge in [0, 0.05) is 30.5 Å². The molecule has 1 saturated heterocycles. The number of hydrogen-bond donors (Lipinski definition) is 2. The molecule has 0 aliphatic carbocycles. The molecule has 1 aliphatic rings. The van der Waals surface area contributed by atoms with Crippen LogP contribution in [0.2, 0.25) is 0 Å². The summed E-state index contributed by atoms with van der Waals surface area (Å²) in [6.07, 6.45) is 5.91. The number of hydrogen-bond acceptors (Lipinski definition) is 8. The molecule has 2 N–H and O–H groups in total. The Balaban J connectivity index is 1.70. The van der Waals surface area contributed by atoms with Crippen LogP contribution in [0.4, 0.5) is 4.79 Å². The summed E-state index contributed by atoms with van der Waals surface area (Å²) < 4.78 is 7.31. The van der Waals surface area contributed by atoms with Crippen LogP contribution in [0.15, 0.2) is 72.5 Å². The first-order chi connectivity index (χ1) is 22.4. The van der Waals surface area contributed by atoms with Crippen LogP contribution in [-0.2, 0) is 21.1 Å². The molecule has 0 spiro atoms. The van der Waals surface area contributed by atoms with Gasteiger partial charge in [0.2, 0.25) is 0 Å². The zero-order chi connectivity index (χ0) is 33.2. The number of aromatic nitrogens is 6. The van der Waals surface area contributed by atoms with Gasteiger partial charge in [0.25, 0.3) is 0 Å². The van der Waals surface area contributed by atoms with Crippen molar-refractivity contribution in [2.45, 2.75) is 76.9 Å². The smallest absolute Gasteiger partial charge is 0.411 e. The molecule has 1 aliphatic heterocycles. The van der Waals surface area contributed by atoms with Crippen molar-refractivity contribution in [2.24, 2.45) is 11.8 Å². The summed E-state index contributed by atoms with van der Waals surface area (Å²) in [6, 6.07) is 16.2. The first-order valence-electron chi connectivity index (χ1n) is 16.1. The van der Waals surface area contributed by atoms with Crippen molar-refractivity contribution in [3.05, 3.63) is 94.2 Å². The maximum atomic E-state index is 14.7. The van der Waals surface area contributed by atoms with Gasteiger partial charge in [-0.2, -0.15) is 0 Å². The Hall–Kier alpha value is -4.09. The van der Waals surface area contributed by atoms with Crippen LogP contribution in [0.1, 0.15) is 76.6 Å². The highest BCUT2D eigenvalue weighted by molar-refractivity contribution is 7.19. The number of piperidine rings is 1. The monoisotopic (exact) mass is 667 g/mol. The molecule has 0 radical (unpaired) electrons. The van der Waals surface area contributed by atoms with Crippen molar-refractivity contribution in [2.75, 3.05) is 6.54 Å². The number of fused-ring (bicyclic) bond motifs is 2. The van der Waals surface area contributed by atoms with E-state index in [1.807, 2.05) is 86.0 Å². The Morgan fingerprint density at radius 3 is 2.40 bits per heavy atom. The average Bonchev–Trinajstić information content (AvgIpc) is 3.84. The number of nitrogens with one attached hydrogen (secondary N) is 2. The fraction of sp³-hybridized carbons (Fsp3) is 0.417. The summed E-state index contributed by atoms with van der Waals surface area (Å²) in [5.41, 5.74) is -1.11. The van der Waals surface area contributed by atoms with E-state index in [4.69, 9.17) is 24.7 Å². The number of amides is 1. The Bertz CT molecular complexity index is 1960. The summed E-state index contributed by atoms with van der Waals surface area (Å²) in [7, 11) is 0. The summed E-state index contributed by atoms with van der Waals surface area (Å²) in [6.45, 7) is 15.0. The number of likely N-dealkylation sites (tertiary alicyclic amines) is 1. The lowest BCUT2D eigenvalue weighted by Gasteiger charge is -2.65. The highest BCUT2D eigenvalue weighted by Gasteiger charge is 2.76. The molecule has 9 nitrogen and oxygen atoms in total. The molecule has 6 aromatic rings. The van der Waals surface area contributed by atoms with Gasteiger partial charge in [-0.1, -0.05) is 45.0 Å². The lowest BCUT2D eigenvalue weighted by molar-refractivity contribution is -0.0997. The molecule has 11 heteroatoms. The Labute approximate surface area is 282 Å². The zero-order valence-electron chi connectivity index (χ0n) is 27.9. The number of nitrogens with zero attached hydrogens (tertiary/aromatic N) is 5. The minimum absolute atomic E-state index is 0.114. The number of rotatable bonds is 6. The number of ether oxygens (including phenoxy) is 1. The molecule has 0 saturated carbocycles. The number of para-hydroxylation sites is 3. The minimum atomic E-state index is -1.19. The van der Waals surface area contributed by atoms with E-state index in [0.717, 1.165) is 43.5 Å². The van der Waals surface area contributed by atoms with Crippen LogP contribution in [0, 0.1) is 11.8 Å². The first kappa shape index (κ1) is 31.5. The molecule has 1 amide bonds. The molecule has 7 rings (SSSR count). The summed E-state index contributed by atoms with van der Waals surface area (Å²) in [5, 5.41) is 3.72. The molecule has 4 unspecified atom stereocenters. The lowest BCUT2D eigenvalue weighted by atomic mass is 9.45. The third kappa shape index (κ3) is 4.64. The van der Waals surface area contributed by atoms with Crippen molar-refractivity contribution in [3.8, 4) is 0 Å². The third-order valence-electron chi connectivity index (χ3n) is 9.72. The highest BCUT2D eigenvalue weighted by atomic mass is 32.1. The fourth-order valence-electron chi connectivity index (χ4n) is 8.03. The second-order valence-corrected chi connectivity index (χ2v) is 16.2. The molecule has 1 fully saturated rings. The van der Waals surface area contributed by atoms with Crippen molar-refractivity contribution in [1.82, 2.24) is 34.8 Å². The molecule has 4 aromatic heterocycles. The predicted octanol–water partition coefficient (Wildman–Crippen LogP) is 8.42. The van der Waals surface area contributed by atoms with Crippen molar-refractivity contribution in [3.63, 3.8) is 0 Å². The van der Waals surface area contributed by atoms with E-state index in [0.29, 0.717) is 12.4 Å². The van der Waals surface area contributed by atoms with E-state index in [9.17, 15) is 4.79 Å². The summed E-state index contributed by atoms with van der Waals surface area (Å²) in [4.78, 5) is 44.9. The number of imidazole rings is 2. The van der Waals surface area contributed by atoms with Crippen LogP contribution in [-0.4, -0.2) is 53.0 Å². The Morgan fingerprint density at radius 1 is 1.02 bits per heavy atom. The van der Waals surface area contributed by atoms with E-state index in [-0.39, 0.29) is 11.8 Å². The van der Waals surface area contributed by atoms with Gasteiger partial charge >= 0.3 is 6.09 Å². The lowest BCUT2D eigenvalue weighted by Crippen LogP contribution is -2.76. The molecule has 2 aromatic carbocycles. The number of aromatic amines is 2. The summed E-state index contributed by atoms with van der Waals surface area (Å²) >= 11 is 3.24. The van der Waals surface area contributed by atoms with Crippen LogP contribution in [0.25, 0.3) is 21.3 Å². The maximum absolute atomic E-state index is 14.7. The van der Waals surface area contributed by atoms with E-state index in [1.165, 1.54) is 0 Å². The Kier molecular flexibility index (Phi) is 7.55. The molecule has 5 heterocycles. The minimum Gasteiger partial charge on any atom is -0.444 e. The van der Waals surface area contributed by atoms with Crippen LogP contribution in [0.5, 0.6) is 0 Å². The van der Waals surface area contributed by atoms with Crippen LogP contribution in [0.3, 0.4) is 0 Å². The zero-order valence-corrected chi connectivity index (χ0v) is 29.5. The van der Waals surface area contributed by atoms with Gasteiger partial charge in [0.1, 0.15) is 38.2 Å². The number of carbonyl (C=O) groups excluding carboxylic acids is 1. The van der Waals surface area contributed by atoms with Crippen molar-refractivity contribution < 1.29 is 9.53 Å². The first-order valence-corrected chi connectivity index (χ1v) is 17.8. The van der Waals surface area contributed by atoms with Gasteiger partial charge < -0.3 is 14.7 Å². The normalized spacial score (nSPS) is 25.2. The van der Waals surface area contributed by atoms with E-state index < -0.39 is 28.1 Å². The molecule has 47 heavy (non-hydrogen) atoms. The van der Waals surface area contributed by atoms with Crippen molar-refractivity contribution >= 4 is 50.0 Å². The SMILES string of the molecule is CC(C)CC1(c2ncc[nH]2)C(C)CN(C(=O)OC(C)(C)C)C(C)(c2nc3ccccc3[nH]2)C1(c1nccs1)c1nc2ccccc2s1. The number of H-pyrrole nitrogens is 2. The number of benzene rings is 2. The van der Waals surface area contributed by atoms with E-state index in [2.05, 4.69) is 49.8 Å². The standard InChI is InChI=1S/C36H41N7O2S2/c1-22(2)20-35(29-37-16-17-38-29)23(3)21-43(32(44)45-33(4,5)6)34(7,28-40-24-12-8-9-13-25(24)41-28)36(35,30-39-18-19-46-30)31-42-26-14-10-11-15-27(26)47-31/h8-19,22-23H,20-21H2,1-7H3,(H,37,38)(H,40,41). The third-order valence-corrected chi connectivity index (χ3v) is 11.8. The quantitative estimate of drug-likeness (QED) is 0.184. The van der Waals surface area contributed by atoms with Gasteiger partial charge in [-0.15, -0.1) is 22.7 Å². The number of carbonyl (C=O) groups is 1.